The summed E-state index contributed by atoms with van der Waals surface area (Å²) in [4.78, 5) is 14.0. The number of esters is 1. The van der Waals surface area contributed by atoms with Crippen molar-refractivity contribution in [3.63, 3.8) is 0 Å². The van der Waals surface area contributed by atoms with Crippen LogP contribution in [0.1, 0.15) is 38.5 Å². The molecule has 3 nitrogen and oxygen atoms in total. The number of nitrogens with zero attached hydrogens (tertiary/aromatic N) is 1. The molecule has 2 fully saturated rings. The normalized spacial score (nSPS) is 29.7. The summed E-state index contributed by atoms with van der Waals surface area (Å²) in [6.07, 6.45) is 6.95. The first-order chi connectivity index (χ1) is 8.31. The van der Waals surface area contributed by atoms with Crippen LogP contribution in [0.5, 0.6) is 0 Å². The first-order valence-corrected chi connectivity index (χ1v) is 7.89. The second kappa shape index (κ2) is 6.74. The predicted molar refractivity (Wildman–Crippen MR) is 71.3 cm³/mol. The SMILES string of the molecule is O=C(CCBr)OC[C@H]1CCCN2CCCC[C@@H]12. The molecule has 0 aromatic heterocycles. The van der Waals surface area contributed by atoms with Gasteiger partial charge in [0.05, 0.1) is 13.0 Å². The quantitative estimate of drug-likeness (QED) is 0.590. The lowest BCUT2D eigenvalue weighted by molar-refractivity contribution is -0.146. The van der Waals surface area contributed by atoms with Crippen molar-refractivity contribution in [3.8, 4) is 0 Å². The zero-order valence-electron chi connectivity index (χ0n) is 10.4. The Kier molecular flexibility index (Phi) is 5.29. The third kappa shape index (κ3) is 3.68. The Balaban J connectivity index is 1.80. The van der Waals surface area contributed by atoms with E-state index in [-0.39, 0.29) is 5.97 Å². The van der Waals surface area contributed by atoms with Gasteiger partial charge in [-0.2, -0.15) is 0 Å². The van der Waals surface area contributed by atoms with E-state index in [1.54, 1.807) is 0 Å². The molecule has 2 aliphatic rings. The van der Waals surface area contributed by atoms with Crippen molar-refractivity contribution in [1.82, 2.24) is 4.90 Å². The molecule has 0 bridgehead atoms. The van der Waals surface area contributed by atoms with E-state index in [1.807, 2.05) is 0 Å². The number of fused-ring (bicyclic) bond motifs is 1. The van der Waals surface area contributed by atoms with E-state index < -0.39 is 0 Å². The molecule has 0 N–H and O–H groups in total. The first kappa shape index (κ1) is 13.3. The topological polar surface area (TPSA) is 29.5 Å². The van der Waals surface area contributed by atoms with Gasteiger partial charge in [0, 0.05) is 17.3 Å². The first-order valence-electron chi connectivity index (χ1n) is 6.77. The molecular weight excluding hydrogens is 282 g/mol. The summed E-state index contributed by atoms with van der Waals surface area (Å²) < 4.78 is 5.38. The highest BCUT2D eigenvalue weighted by molar-refractivity contribution is 9.09. The molecule has 0 saturated carbocycles. The van der Waals surface area contributed by atoms with Crippen LogP contribution in [0, 0.1) is 5.92 Å². The third-order valence-electron chi connectivity index (χ3n) is 3.99. The van der Waals surface area contributed by atoms with Gasteiger partial charge in [-0.3, -0.25) is 9.69 Å². The summed E-state index contributed by atoms with van der Waals surface area (Å²) in [6, 6.07) is 0.675. The van der Waals surface area contributed by atoms with Gasteiger partial charge in [0.1, 0.15) is 0 Å². The van der Waals surface area contributed by atoms with E-state index in [2.05, 4.69) is 20.8 Å². The number of alkyl halides is 1. The Morgan fingerprint density at radius 2 is 2.06 bits per heavy atom. The van der Waals surface area contributed by atoms with Gasteiger partial charge in [0.25, 0.3) is 0 Å². The smallest absolute Gasteiger partial charge is 0.306 e. The van der Waals surface area contributed by atoms with Crippen molar-refractivity contribution in [2.45, 2.75) is 44.6 Å². The van der Waals surface area contributed by atoms with Crippen LogP contribution in [0.15, 0.2) is 0 Å². The van der Waals surface area contributed by atoms with Gasteiger partial charge in [-0.25, -0.2) is 0 Å². The van der Waals surface area contributed by atoms with Crippen molar-refractivity contribution in [3.05, 3.63) is 0 Å². The van der Waals surface area contributed by atoms with E-state index in [9.17, 15) is 4.79 Å². The number of hydrogen-bond acceptors (Lipinski definition) is 3. The highest BCUT2D eigenvalue weighted by atomic mass is 79.9. The lowest BCUT2D eigenvalue weighted by atomic mass is 9.84. The monoisotopic (exact) mass is 303 g/mol. The molecule has 0 aromatic carbocycles. The highest BCUT2D eigenvalue weighted by Crippen LogP contribution is 2.30. The van der Waals surface area contributed by atoms with Gasteiger partial charge in [-0.15, -0.1) is 0 Å². The van der Waals surface area contributed by atoms with Crippen LogP contribution < -0.4 is 0 Å². The fourth-order valence-electron chi connectivity index (χ4n) is 3.12. The molecule has 2 heterocycles. The van der Waals surface area contributed by atoms with E-state index in [0.717, 1.165) is 0 Å². The average molecular weight is 304 g/mol. The van der Waals surface area contributed by atoms with Crippen LogP contribution in [0.2, 0.25) is 0 Å². The second-order valence-corrected chi connectivity index (χ2v) is 5.92. The van der Waals surface area contributed by atoms with Crippen LogP contribution in [0.4, 0.5) is 0 Å². The molecule has 0 amide bonds. The van der Waals surface area contributed by atoms with Crippen molar-refractivity contribution < 1.29 is 9.53 Å². The number of halogens is 1. The zero-order valence-corrected chi connectivity index (χ0v) is 12.0. The number of carbonyl (C=O) groups excluding carboxylic acids is 1. The number of carbonyl (C=O) groups is 1. The van der Waals surface area contributed by atoms with Gasteiger partial charge in [0.2, 0.25) is 0 Å². The molecule has 2 saturated heterocycles. The van der Waals surface area contributed by atoms with E-state index in [4.69, 9.17) is 4.74 Å². The molecule has 2 aliphatic heterocycles. The second-order valence-electron chi connectivity index (χ2n) is 5.12. The summed E-state index contributed by atoms with van der Waals surface area (Å²) in [7, 11) is 0. The van der Waals surface area contributed by atoms with E-state index >= 15 is 0 Å². The Morgan fingerprint density at radius 3 is 2.88 bits per heavy atom. The lowest BCUT2D eigenvalue weighted by Gasteiger charge is -2.44. The molecule has 2 rings (SSSR count). The average Bonchev–Trinajstić information content (AvgIpc) is 2.36. The fourth-order valence-corrected chi connectivity index (χ4v) is 3.44. The number of ether oxygens (including phenoxy) is 1. The fraction of sp³-hybridized carbons (Fsp3) is 0.923. The highest BCUT2D eigenvalue weighted by Gasteiger charge is 2.33. The van der Waals surface area contributed by atoms with Gasteiger partial charge in [-0.1, -0.05) is 22.4 Å². The van der Waals surface area contributed by atoms with Crippen molar-refractivity contribution in [2.75, 3.05) is 25.0 Å². The van der Waals surface area contributed by atoms with Gasteiger partial charge in [0.15, 0.2) is 0 Å². The largest absolute Gasteiger partial charge is 0.465 e. The Hall–Kier alpha value is -0.0900. The molecule has 0 aliphatic carbocycles. The molecule has 0 unspecified atom stereocenters. The molecule has 17 heavy (non-hydrogen) atoms. The van der Waals surface area contributed by atoms with Crippen molar-refractivity contribution >= 4 is 21.9 Å². The molecule has 98 valence electrons. The Labute approximate surface area is 112 Å². The molecule has 0 spiro atoms. The molecular formula is C13H22BrNO2. The number of hydrogen-bond donors (Lipinski definition) is 0. The van der Waals surface area contributed by atoms with Crippen LogP contribution in [-0.2, 0) is 9.53 Å². The third-order valence-corrected chi connectivity index (χ3v) is 4.38. The van der Waals surface area contributed by atoms with Crippen LogP contribution >= 0.6 is 15.9 Å². The van der Waals surface area contributed by atoms with Crippen LogP contribution in [-0.4, -0.2) is 41.9 Å². The van der Waals surface area contributed by atoms with E-state index in [0.29, 0.717) is 30.3 Å². The van der Waals surface area contributed by atoms with Crippen LogP contribution in [0.3, 0.4) is 0 Å². The minimum absolute atomic E-state index is 0.0604. The standard InChI is InChI=1S/C13H22BrNO2/c14-7-6-13(16)17-10-11-4-3-9-15-8-2-1-5-12(11)15/h11-12H,1-10H2/t11-,12+/m1/s1. The maximum atomic E-state index is 11.4. The van der Waals surface area contributed by atoms with Crippen molar-refractivity contribution in [2.24, 2.45) is 5.92 Å². The molecule has 0 radical (unpaired) electrons. The molecule has 2 atom stereocenters. The van der Waals surface area contributed by atoms with Gasteiger partial charge < -0.3 is 4.74 Å². The predicted octanol–water partition coefficient (Wildman–Crippen LogP) is 2.58. The summed E-state index contributed by atoms with van der Waals surface area (Å²) in [5.41, 5.74) is 0. The summed E-state index contributed by atoms with van der Waals surface area (Å²) in [6.45, 7) is 3.13. The summed E-state index contributed by atoms with van der Waals surface area (Å²) in [5.74, 6) is 0.512. The number of piperidine rings is 2. The lowest BCUT2D eigenvalue weighted by Crippen LogP contribution is -2.49. The Morgan fingerprint density at radius 1 is 1.24 bits per heavy atom. The maximum absolute atomic E-state index is 11.4. The molecule has 0 aromatic rings. The van der Waals surface area contributed by atoms with Gasteiger partial charge >= 0.3 is 5.97 Å². The minimum atomic E-state index is -0.0604. The number of rotatable bonds is 4. The van der Waals surface area contributed by atoms with Gasteiger partial charge in [-0.05, 0) is 38.8 Å². The Bertz CT molecular complexity index is 258. The van der Waals surface area contributed by atoms with Crippen molar-refractivity contribution in [1.29, 1.82) is 0 Å². The minimum Gasteiger partial charge on any atom is -0.465 e. The molecule has 4 heteroatoms. The summed E-state index contributed by atoms with van der Waals surface area (Å²) in [5, 5.41) is 0.700. The maximum Gasteiger partial charge on any atom is 0.306 e. The van der Waals surface area contributed by atoms with Crippen LogP contribution in [0.25, 0.3) is 0 Å². The zero-order chi connectivity index (χ0) is 12.1. The van der Waals surface area contributed by atoms with E-state index in [1.165, 1.54) is 45.2 Å². The summed E-state index contributed by atoms with van der Waals surface area (Å²) >= 11 is 3.26.